The molecule has 1 aliphatic carbocycles. The Morgan fingerprint density at radius 1 is 0.944 bits per heavy atom. The van der Waals surface area contributed by atoms with E-state index in [0.717, 1.165) is 84.8 Å². The van der Waals surface area contributed by atoms with Crippen LogP contribution in [0.15, 0.2) is 36.8 Å². The molecule has 9 nitrogen and oxygen atoms in total. The van der Waals surface area contributed by atoms with Crippen LogP contribution in [0.25, 0.3) is 33.2 Å². The van der Waals surface area contributed by atoms with Gasteiger partial charge in [-0.05, 0) is 63.3 Å². The zero-order chi connectivity index (χ0) is 24.5. The number of nitrogens with one attached hydrogen (secondary N) is 2. The summed E-state index contributed by atoms with van der Waals surface area (Å²) in [4.78, 5) is 24.4. The van der Waals surface area contributed by atoms with Gasteiger partial charge in [-0.1, -0.05) is 6.07 Å². The molecule has 1 saturated carbocycles. The molecule has 1 aromatic carbocycles. The molecule has 3 aromatic heterocycles. The minimum atomic E-state index is 0.194. The highest BCUT2D eigenvalue weighted by molar-refractivity contribution is 5.95. The number of ether oxygens (including phenoxy) is 2. The van der Waals surface area contributed by atoms with Gasteiger partial charge in [0.25, 0.3) is 0 Å². The standard InChI is InChI=1S/C27H33N7O2/c1-34-11-9-20(10-12-34)36-25-16-28-23-8-3-17(13-24(23)32-25)21-14-29-26-22(21)15-30-27(33-26)31-18-4-6-19(35-2)7-5-18/h3,8,13-16,18-20H,4-7,9-12H2,1-2H3,(H2,29,30,31,33). The number of methoxy groups -OCH3 is 1. The highest BCUT2D eigenvalue weighted by atomic mass is 16.5. The van der Waals surface area contributed by atoms with Crippen molar-refractivity contribution in [1.82, 2.24) is 29.8 Å². The summed E-state index contributed by atoms with van der Waals surface area (Å²) < 4.78 is 11.6. The topological polar surface area (TPSA) is 101 Å². The number of anilines is 1. The molecule has 6 rings (SSSR count). The molecule has 2 fully saturated rings. The van der Waals surface area contributed by atoms with Gasteiger partial charge in [-0.3, -0.25) is 0 Å². The highest BCUT2D eigenvalue weighted by Gasteiger charge is 2.22. The molecular weight excluding hydrogens is 454 g/mol. The van der Waals surface area contributed by atoms with Crippen molar-refractivity contribution in [2.45, 2.75) is 56.8 Å². The van der Waals surface area contributed by atoms with E-state index < -0.39 is 0 Å². The predicted octanol–water partition coefficient (Wildman–Crippen LogP) is 4.41. The lowest BCUT2D eigenvalue weighted by Crippen LogP contribution is -2.35. The molecule has 1 saturated heterocycles. The van der Waals surface area contributed by atoms with Crippen molar-refractivity contribution in [2.75, 3.05) is 32.6 Å². The summed E-state index contributed by atoms with van der Waals surface area (Å²) in [6.07, 6.45) is 12.5. The molecule has 36 heavy (non-hydrogen) atoms. The van der Waals surface area contributed by atoms with Gasteiger partial charge >= 0.3 is 0 Å². The molecular formula is C27H33N7O2. The summed E-state index contributed by atoms with van der Waals surface area (Å²) in [5.41, 5.74) is 4.57. The van der Waals surface area contributed by atoms with Crippen molar-refractivity contribution in [3.63, 3.8) is 0 Å². The van der Waals surface area contributed by atoms with Gasteiger partial charge in [-0.2, -0.15) is 4.98 Å². The van der Waals surface area contributed by atoms with Gasteiger partial charge < -0.3 is 24.7 Å². The number of hydrogen-bond donors (Lipinski definition) is 2. The average Bonchev–Trinajstić information content (AvgIpc) is 3.33. The molecule has 0 unspecified atom stereocenters. The molecule has 0 amide bonds. The Bertz CT molecular complexity index is 1340. The number of aromatic nitrogens is 5. The number of hydrogen-bond acceptors (Lipinski definition) is 8. The average molecular weight is 488 g/mol. The normalized spacial score (nSPS) is 21.7. The van der Waals surface area contributed by atoms with Crippen molar-refractivity contribution in [3.8, 4) is 17.0 Å². The van der Waals surface area contributed by atoms with Crippen LogP contribution in [0, 0.1) is 0 Å². The molecule has 0 bridgehead atoms. The number of fused-ring (bicyclic) bond motifs is 2. The smallest absolute Gasteiger partial charge is 0.233 e. The summed E-state index contributed by atoms with van der Waals surface area (Å²) in [6, 6.07) is 6.51. The van der Waals surface area contributed by atoms with E-state index in [-0.39, 0.29) is 6.10 Å². The summed E-state index contributed by atoms with van der Waals surface area (Å²) in [5.74, 6) is 1.25. The Balaban J connectivity index is 1.20. The van der Waals surface area contributed by atoms with Gasteiger partial charge in [0.1, 0.15) is 11.8 Å². The van der Waals surface area contributed by atoms with E-state index in [9.17, 15) is 0 Å². The quantitative estimate of drug-likeness (QED) is 0.412. The van der Waals surface area contributed by atoms with Crippen molar-refractivity contribution in [2.24, 2.45) is 0 Å². The fourth-order valence-electron chi connectivity index (χ4n) is 5.33. The fourth-order valence-corrected chi connectivity index (χ4v) is 5.33. The van der Waals surface area contributed by atoms with E-state index in [4.69, 9.17) is 19.4 Å². The van der Waals surface area contributed by atoms with Crippen LogP contribution in [0.2, 0.25) is 0 Å². The molecule has 1 aliphatic heterocycles. The maximum Gasteiger partial charge on any atom is 0.233 e. The monoisotopic (exact) mass is 487 g/mol. The molecule has 0 radical (unpaired) electrons. The van der Waals surface area contributed by atoms with Gasteiger partial charge in [0.15, 0.2) is 0 Å². The zero-order valence-corrected chi connectivity index (χ0v) is 20.9. The first-order valence-electron chi connectivity index (χ1n) is 12.9. The van der Waals surface area contributed by atoms with Crippen molar-refractivity contribution in [3.05, 3.63) is 36.8 Å². The molecule has 2 N–H and O–H groups in total. The Morgan fingerprint density at radius 3 is 2.58 bits per heavy atom. The minimum Gasteiger partial charge on any atom is -0.473 e. The number of benzene rings is 1. The van der Waals surface area contributed by atoms with Crippen LogP contribution in [0.4, 0.5) is 5.95 Å². The first-order valence-corrected chi connectivity index (χ1v) is 12.9. The lowest BCUT2D eigenvalue weighted by molar-refractivity contribution is 0.0681. The Kier molecular flexibility index (Phi) is 6.41. The third kappa shape index (κ3) is 4.85. The molecule has 4 heterocycles. The number of nitrogens with zero attached hydrogens (tertiary/aromatic N) is 5. The Morgan fingerprint density at radius 2 is 1.78 bits per heavy atom. The zero-order valence-electron chi connectivity index (χ0n) is 20.9. The number of likely N-dealkylation sites (tertiary alicyclic amines) is 1. The number of rotatable bonds is 6. The van der Waals surface area contributed by atoms with Gasteiger partial charge in [-0.25, -0.2) is 15.0 Å². The first-order chi connectivity index (χ1) is 17.6. The van der Waals surface area contributed by atoms with E-state index in [1.165, 1.54) is 0 Å². The largest absolute Gasteiger partial charge is 0.473 e. The predicted molar refractivity (Wildman–Crippen MR) is 140 cm³/mol. The summed E-state index contributed by atoms with van der Waals surface area (Å²) in [6.45, 7) is 2.09. The van der Waals surface area contributed by atoms with Crippen LogP contribution in [-0.2, 0) is 4.74 Å². The Hall–Kier alpha value is -3.30. The van der Waals surface area contributed by atoms with E-state index in [1.54, 1.807) is 13.3 Å². The number of H-pyrrole nitrogens is 1. The van der Waals surface area contributed by atoms with Crippen molar-refractivity contribution < 1.29 is 9.47 Å². The van der Waals surface area contributed by atoms with Crippen LogP contribution >= 0.6 is 0 Å². The highest BCUT2D eigenvalue weighted by Crippen LogP contribution is 2.31. The van der Waals surface area contributed by atoms with E-state index >= 15 is 0 Å². The summed E-state index contributed by atoms with van der Waals surface area (Å²) in [7, 11) is 3.94. The minimum absolute atomic E-state index is 0.194. The second-order valence-electron chi connectivity index (χ2n) is 10.0. The molecule has 9 heteroatoms. The van der Waals surface area contributed by atoms with Gasteiger partial charge in [0.2, 0.25) is 11.8 Å². The maximum absolute atomic E-state index is 6.16. The SMILES string of the molecule is COC1CCC(Nc2ncc3c(-c4ccc5ncc(OC6CCN(C)CC6)nc5c4)c[nH]c3n2)CC1. The summed E-state index contributed by atoms with van der Waals surface area (Å²) in [5, 5.41) is 4.48. The van der Waals surface area contributed by atoms with Crippen LogP contribution in [0.5, 0.6) is 5.88 Å². The van der Waals surface area contributed by atoms with Crippen LogP contribution in [-0.4, -0.2) is 75.3 Å². The third-order valence-corrected chi connectivity index (χ3v) is 7.56. The Labute approximate surface area is 210 Å². The first kappa shape index (κ1) is 23.1. The molecule has 0 atom stereocenters. The number of piperidine rings is 1. The van der Waals surface area contributed by atoms with Gasteiger partial charge in [-0.15, -0.1) is 0 Å². The molecule has 4 aromatic rings. The van der Waals surface area contributed by atoms with Crippen LogP contribution < -0.4 is 10.1 Å². The fraction of sp³-hybridized carbons (Fsp3) is 0.481. The second-order valence-corrected chi connectivity index (χ2v) is 10.0. The van der Waals surface area contributed by atoms with Crippen LogP contribution in [0.1, 0.15) is 38.5 Å². The van der Waals surface area contributed by atoms with Crippen molar-refractivity contribution in [1.29, 1.82) is 0 Å². The number of aromatic amines is 1. The van der Waals surface area contributed by atoms with Gasteiger partial charge in [0.05, 0.1) is 23.3 Å². The van der Waals surface area contributed by atoms with Crippen LogP contribution in [0.3, 0.4) is 0 Å². The van der Waals surface area contributed by atoms with Gasteiger partial charge in [0, 0.05) is 49.6 Å². The van der Waals surface area contributed by atoms with E-state index in [2.05, 4.69) is 44.3 Å². The van der Waals surface area contributed by atoms with E-state index in [1.807, 2.05) is 18.5 Å². The van der Waals surface area contributed by atoms with Crippen molar-refractivity contribution >= 4 is 28.0 Å². The molecule has 2 aliphatic rings. The van der Waals surface area contributed by atoms with E-state index in [0.29, 0.717) is 24.0 Å². The summed E-state index contributed by atoms with van der Waals surface area (Å²) >= 11 is 0. The lowest BCUT2D eigenvalue weighted by Gasteiger charge is -2.28. The molecule has 0 spiro atoms. The second kappa shape index (κ2) is 9.99. The lowest BCUT2D eigenvalue weighted by atomic mass is 9.93. The molecule has 188 valence electrons. The maximum atomic E-state index is 6.16. The third-order valence-electron chi connectivity index (χ3n) is 7.56.